The molecule has 1 aliphatic rings. The molecular formula is C15H20ClN5. The molecule has 0 radical (unpaired) electrons. The van der Waals surface area contributed by atoms with Crippen molar-refractivity contribution in [2.75, 3.05) is 11.9 Å². The lowest BCUT2D eigenvalue weighted by Crippen LogP contribution is -2.19. The number of nitrogens with one attached hydrogen (secondary N) is 1. The van der Waals surface area contributed by atoms with Gasteiger partial charge in [0.15, 0.2) is 0 Å². The minimum absolute atomic E-state index is 0.672. The molecule has 1 N–H and O–H groups in total. The van der Waals surface area contributed by atoms with Crippen LogP contribution in [0.1, 0.15) is 24.0 Å². The van der Waals surface area contributed by atoms with E-state index in [-0.39, 0.29) is 0 Å². The Hall–Kier alpha value is -1.59. The maximum absolute atomic E-state index is 6.23. The minimum atomic E-state index is 0.672. The highest BCUT2D eigenvalue weighted by Gasteiger charge is 2.20. The summed E-state index contributed by atoms with van der Waals surface area (Å²) >= 11 is 6.23. The molecule has 21 heavy (non-hydrogen) atoms. The van der Waals surface area contributed by atoms with Crippen molar-refractivity contribution in [2.24, 2.45) is 7.05 Å². The average Bonchev–Trinajstić information content (AvgIpc) is 3.20. The van der Waals surface area contributed by atoms with E-state index < -0.39 is 0 Å². The predicted molar refractivity (Wildman–Crippen MR) is 84.4 cm³/mol. The highest BCUT2D eigenvalue weighted by molar-refractivity contribution is 6.31. The molecule has 0 amide bonds. The molecule has 1 fully saturated rings. The molecule has 0 aliphatic heterocycles. The molecular weight excluding hydrogens is 286 g/mol. The number of anilines is 1. The lowest BCUT2D eigenvalue weighted by atomic mass is 10.2. The van der Waals surface area contributed by atoms with Crippen molar-refractivity contribution in [3.05, 3.63) is 40.8 Å². The third-order valence-corrected chi connectivity index (χ3v) is 3.99. The topological polar surface area (TPSA) is 46.0 Å². The molecule has 0 saturated heterocycles. The summed E-state index contributed by atoms with van der Waals surface area (Å²) in [5.74, 6) is 0.927. The van der Waals surface area contributed by atoms with Gasteiger partial charge in [0.1, 0.15) is 5.82 Å². The maximum atomic E-state index is 6.23. The van der Waals surface area contributed by atoms with Crippen LogP contribution in [0.3, 0.4) is 0 Å². The van der Waals surface area contributed by atoms with Crippen LogP contribution in [0, 0.1) is 0 Å². The highest BCUT2D eigenvalue weighted by atomic mass is 35.5. The summed E-state index contributed by atoms with van der Waals surface area (Å²) < 4.78 is 1.81. The first-order chi connectivity index (χ1) is 10.1. The van der Waals surface area contributed by atoms with Crippen molar-refractivity contribution >= 4 is 17.4 Å². The van der Waals surface area contributed by atoms with Gasteiger partial charge in [0.25, 0.3) is 0 Å². The largest absolute Gasteiger partial charge is 0.355 e. The van der Waals surface area contributed by atoms with Crippen LogP contribution in [-0.2, 0) is 20.1 Å². The average molecular weight is 306 g/mol. The van der Waals surface area contributed by atoms with E-state index in [2.05, 4.69) is 26.4 Å². The molecule has 1 saturated carbocycles. The highest BCUT2D eigenvalue weighted by Crippen LogP contribution is 2.23. The van der Waals surface area contributed by atoms with Crippen LogP contribution < -0.4 is 10.2 Å². The number of pyridine rings is 1. The van der Waals surface area contributed by atoms with Crippen molar-refractivity contribution in [1.82, 2.24) is 20.1 Å². The first-order valence-electron chi connectivity index (χ1n) is 7.18. The Morgan fingerprint density at radius 2 is 2.24 bits per heavy atom. The Bertz CT molecular complexity index is 620. The number of halogens is 1. The Labute approximate surface area is 129 Å². The summed E-state index contributed by atoms with van der Waals surface area (Å²) in [5, 5.41) is 8.40. The van der Waals surface area contributed by atoms with Crippen molar-refractivity contribution in [2.45, 2.75) is 32.0 Å². The quantitative estimate of drug-likeness (QED) is 0.890. The van der Waals surface area contributed by atoms with Gasteiger partial charge in [0.05, 0.1) is 11.2 Å². The number of aryl methyl sites for hydroxylation is 1. The zero-order chi connectivity index (χ0) is 14.8. The molecule has 6 heteroatoms. The molecule has 0 spiro atoms. The van der Waals surface area contributed by atoms with Gasteiger partial charge in [-0.15, -0.1) is 0 Å². The van der Waals surface area contributed by atoms with Gasteiger partial charge in [-0.3, -0.25) is 4.68 Å². The predicted octanol–water partition coefficient (Wildman–Crippen LogP) is 2.36. The minimum Gasteiger partial charge on any atom is -0.355 e. The number of hydrogen-bond acceptors (Lipinski definition) is 4. The number of nitrogens with zero attached hydrogens (tertiary/aromatic N) is 4. The van der Waals surface area contributed by atoms with Crippen molar-refractivity contribution in [3.63, 3.8) is 0 Å². The van der Waals surface area contributed by atoms with Crippen molar-refractivity contribution in [3.8, 4) is 0 Å². The Morgan fingerprint density at radius 3 is 2.90 bits per heavy atom. The Kier molecular flexibility index (Phi) is 4.12. The van der Waals surface area contributed by atoms with Gasteiger partial charge < -0.3 is 10.2 Å². The van der Waals surface area contributed by atoms with Gasteiger partial charge in [-0.1, -0.05) is 11.6 Å². The fraction of sp³-hybridized carbons (Fsp3) is 0.467. The number of hydrogen-bond donors (Lipinski definition) is 1. The molecule has 0 unspecified atom stereocenters. The van der Waals surface area contributed by atoms with Gasteiger partial charge in [0, 0.05) is 51.2 Å². The van der Waals surface area contributed by atoms with E-state index >= 15 is 0 Å². The zero-order valence-electron chi connectivity index (χ0n) is 12.4. The van der Waals surface area contributed by atoms with E-state index in [0.29, 0.717) is 6.04 Å². The SMILES string of the molecule is CN(Cc1cnn(C)c1)c1cc(CNC2CC2)c(Cl)cn1. The third kappa shape index (κ3) is 3.74. The molecule has 2 aromatic rings. The summed E-state index contributed by atoms with van der Waals surface area (Å²) in [7, 11) is 3.95. The Morgan fingerprint density at radius 1 is 1.43 bits per heavy atom. The zero-order valence-corrected chi connectivity index (χ0v) is 13.1. The second-order valence-corrected chi connectivity index (χ2v) is 6.07. The van der Waals surface area contributed by atoms with E-state index in [4.69, 9.17) is 11.6 Å². The summed E-state index contributed by atoms with van der Waals surface area (Å²) in [6.07, 6.45) is 8.18. The van der Waals surface area contributed by atoms with Gasteiger partial charge in [-0.2, -0.15) is 5.10 Å². The lowest BCUT2D eigenvalue weighted by molar-refractivity contribution is 0.687. The normalized spacial score (nSPS) is 14.4. The second kappa shape index (κ2) is 6.03. The van der Waals surface area contributed by atoms with Crippen LogP contribution in [0.2, 0.25) is 5.02 Å². The third-order valence-electron chi connectivity index (χ3n) is 3.65. The van der Waals surface area contributed by atoms with Crippen LogP contribution in [-0.4, -0.2) is 27.9 Å². The summed E-state index contributed by atoms with van der Waals surface area (Å²) in [6, 6.07) is 2.74. The lowest BCUT2D eigenvalue weighted by Gasteiger charge is -2.18. The van der Waals surface area contributed by atoms with Gasteiger partial charge in [0.2, 0.25) is 0 Å². The summed E-state index contributed by atoms with van der Waals surface area (Å²) in [4.78, 5) is 6.53. The maximum Gasteiger partial charge on any atom is 0.128 e. The summed E-state index contributed by atoms with van der Waals surface area (Å²) in [6.45, 7) is 1.58. The van der Waals surface area contributed by atoms with Crippen LogP contribution in [0.4, 0.5) is 5.82 Å². The summed E-state index contributed by atoms with van der Waals surface area (Å²) in [5.41, 5.74) is 2.26. The van der Waals surface area contributed by atoms with Crippen LogP contribution in [0.15, 0.2) is 24.7 Å². The Balaban J connectivity index is 1.69. The number of aromatic nitrogens is 3. The monoisotopic (exact) mass is 305 g/mol. The second-order valence-electron chi connectivity index (χ2n) is 5.67. The fourth-order valence-corrected chi connectivity index (χ4v) is 2.43. The first kappa shape index (κ1) is 14.4. The molecule has 5 nitrogen and oxygen atoms in total. The molecule has 0 bridgehead atoms. The van der Waals surface area contributed by atoms with Crippen molar-refractivity contribution in [1.29, 1.82) is 0 Å². The van der Waals surface area contributed by atoms with Crippen molar-refractivity contribution < 1.29 is 0 Å². The van der Waals surface area contributed by atoms with E-state index in [1.807, 2.05) is 31.2 Å². The van der Waals surface area contributed by atoms with Gasteiger partial charge in [-0.25, -0.2) is 4.98 Å². The molecule has 2 aromatic heterocycles. The van der Waals surface area contributed by atoms with E-state index in [9.17, 15) is 0 Å². The van der Waals surface area contributed by atoms with E-state index in [0.717, 1.165) is 35.1 Å². The van der Waals surface area contributed by atoms with Crippen LogP contribution >= 0.6 is 11.6 Å². The molecule has 112 valence electrons. The van der Waals surface area contributed by atoms with Gasteiger partial charge >= 0.3 is 0 Å². The fourth-order valence-electron chi connectivity index (χ4n) is 2.26. The van der Waals surface area contributed by atoms with E-state index in [1.54, 1.807) is 6.20 Å². The molecule has 0 aromatic carbocycles. The van der Waals surface area contributed by atoms with Crippen LogP contribution in [0.5, 0.6) is 0 Å². The smallest absolute Gasteiger partial charge is 0.128 e. The molecule has 2 heterocycles. The van der Waals surface area contributed by atoms with Gasteiger partial charge in [-0.05, 0) is 24.5 Å². The molecule has 0 atom stereocenters. The molecule has 3 rings (SSSR count). The van der Waals surface area contributed by atoms with E-state index in [1.165, 1.54) is 12.8 Å². The first-order valence-corrected chi connectivity index (χ1v) is 7.56. The number of rotatable bonds is 6. The van der Waals surface area contributed by atoms with Crippen LogP contribution in [0.25, 0.3) is 0 Å². The molecule has 1 aliphatic carbocycles. The standard InChI is InChI=1S/C15H20ClN5/c1-20(9-11-6-19-21(2)10-11)15-5-12(14(16)8-18-15)7-17-13-3-4-13/h5-6,8,10,13,17H,3-4,7,9H2,1-2H3.